The van der Waals surface area contributed by atoms with Crippen LogP contribution < -0.4 is 4.74 Å². The number of Topliss-reactive ketones (excluding diaryl/α,β-unsaturated/α-hetero) is 1. The van der Waals surface area contributed by atoms with Crippen LogP contribution in [0.25, 0.3) is 0 Å². The molecule has 0 unspecified atom stereocenters. The van der Waals surface area contributed by atoms with E-state index in [0.29, 0.717) is 11.3 Å². The molecule has 1 heterocycles. The van der Waals surface area contributed by atoms with Gasteiger partial charge in [-0.1, -0.05) is 6.07 Å². The largest absolute Gasteiger partial charge is 0.484 e. The second-order valence-electron chi connectivity index (χ2n) is 4.21. The molecule has 0 saturated heterocycles. The highest BCUT2D eigenvalue weighted by atomic mass is 79.9. The molecular formula is C14H14BrNO2. The van der Waals surface area contributed by atoms with Crippen molar-refractivity contribution in [1.82, 2.24) is 4.57 Å². The Kier molecular flexibility index (Phi) is 3.87. The molecule has 0 saturated carbocycles. The van der Waals surface area contributed by atoms with Crippen LogP contribution in [0.2, 0.25) is 0 Å². The number of hydrogen-bond acceptors (Lipinski definition) is 2. The van der Waals surface area contributed by atoms with Crippen LogP contribution in [-0.2, 0) is 7.05 Å². The number of rotatable bonds is 4. The lowest BCUT2D eigenvalue weighted by atomic mass is 10.2. The Bertz CT molecular complexity index is 575. The smallest absolute Gasteiger partial charge is 0.201 e. The van der Waals surface area contributed by atoms with Gasteiger partial charge in [-0.05, 0) is 46.6 Å². The van der Waals surface area contributed by atoms with Crippen LogP contribution in [0.5, 0.6) is 5.75 Å². The van der Waals surface area contributed by atoms with E-state index in [1.54, 1.807) is 12.3 Å². The van der Waals surface area contributed by atoms with Gasteiger partial charge in [0.25, 0.3) is 0 Å². The van der Waals surface area contributed by atoms with Crippen LogP contribution in [0.15, 0.2) is 41.1 Å². The van der Waals surface area contributed by atoms with Crippen LogP contribution >= 0.6 is 15.9 Å². The number of aryl methyl sites for hydroxylation is 2. The van der Waals surface area contributed by atoms with Gasteiger partial charge in [0, 0.05) is 25.0 Å². The molecule has 0 amide bonds. The van der Waals surface area contributed by atoms with E-state index in [0.717, 1.165) is 10.0 Å². The number of benzene rings is 1. The van der Waals surface area contributed by atoms with Crippen molar-refractivity contribution in [3.05, 3.63) is 52.3 Å². The molecule has 0 radical (unpaired) electrons. The molecule has 1 aromatic heterocycles. The predicted molar refractivity (Wildman–Crippen MR) is 74.1 cm³/mol. The van der Waals surface area contributed by atoms with Crippen LogP contribution in [-0.4, -0.2) is 17.0 Å². The van der Waals surface area contributed by atoms with Gasteiger partial charge < -0.3 is 9.30 Å². The van der Waals surface area contributed by atoms with E-state index in [4.69, 9.17) is 4.74 Å². The first kappa shape index (κ1) is 12.9. The van der Waals surface area contributed by atoms with Gasteiger partial charge in [-0.15, -0.1) is 0 Å². The van der Waals surface area contributed by atoms with Gasteiger partial charge in [0.1, 0.15) is 5.75 Å². The van der Waals surface area contributed by atoms with E-state index < -0.39 is 0 Å². The van der Waals surface area contributed by atoms with E-state index in [9.17, 15) is 4.79 Å². The normalized spacial score (nSPS) is 10.4. The van der Waals surface area contributed by atoms with Gasteiger partial charge in [-0.25, -0.2) is 0 Å². The molecule has 4 heteroatoms. The van der Waals surface area contributed by atoms with E-state index >= 15 is 0 Å². The number of ketones is 1. The summed E-state index contributed by atoms with van der Waals surface area (Å²) < 4.78 is 8.22. The zero-order valence-electron chi connectivity index (χ0n) is 10.3. The zero-order chi connectivity index (χ0) is 13.1. The SMILES string of the molecule is Cc1ccc(OCC(=O)c2ccn(C)c2)c(Br)c1. The number of ether oxygens (including phenoxy) is 1. The fraction of sp³-hybridized carbons (Fsp3) is 0.214. The van der Waals surface area contributed by atoms with Gasteiger partial charge in [-0.3, -0.25) is 4.79 Å². The summed E-state index contributed by atoms with van der Waals surface area (Å²) in [6.07, 6.45) is 3.63. The van der Waals surface area contributed by atoms with Crippen molar-refractivity contribution in [2.75, 3.05) is 6.61 Å². The minimum atomic E-state index is -0.0249. The van der Waals surface area contributed by atoms with Crippen molar-refractivity contribution in [1.29, 1.82) is 0 Å². The highest BCUT2D eigenvalue weighted by Gasteiger charge is 2.09. The van der Waals surface area contributed by atoms with Crippen LogP contribution in [0.1, 0.15) is 15.9 Å². The molecule has 0 bridgehead atoms. The first-order valence-electron chi connectivity index (χ1n) is 5.60. The Morgan fingerprint density at radius 2 is 2.17 bits per heavy atom. The second-order valence-corrected chi connectivity index (χ2v) is 5.07. The maximum Gasteiger partial charge on any atom is 0.201 e. The van der Waals surface area contributed by atoms with Crippen molar-refractivity contribution in [2.45, 2.75) is 6.92 Å². The predicted octanol–water partition coefficient (Wildman–Crippen LogP) is 3.36. The van der Waals surface area contributed by atoms with E-state index in [1.165, 1.54) is 0 Å². The molecule has 2 aromatic rings. The third-order valence-corrected chi connectivity index (χ3v) is 3.22. The minimum Gasteiger partial charge on any atom is -0.484 e. The summed E-state index contributed by atoms with van der Waals surface area (Å²) in [6, 6.07) is 7.56. The summed E-state index contributed by atoms with van der Waals surface area (Å²) in [7, 11) is 1.88. The van der Waals surface area contributed by atoms with Gasteiger partial charge >= 0.3 is 0 Å². The van der Waals surface area contributed by atoms with Crippen molar-refractivity contribution in [3.8, 4) is 5.75 Å². The fourth-order valence-corrected chi connectivity index (χ4v) is 2.23. The van der Waals surface area contributed by atoms with Crippen LogP contribution in [0, 0.1) is 6.92 Å². The molecule has 2 rings (SSSR count). The minimum absolute atomic E-state index is 0.0249. The summed E-state index contributed by atoms with van der Waals surface area (Å²) in [4.78, 5) is 11.9. The third-order valence-electron chi connectivity index (χ3n) is 2.60. The summed E-state index contributed by atoms with van der Waals surface area (Å²) in [5.41, 5.74) is 1.81. The zero-order valence-corrected chi connectivity index (χ0v) is 11.9. The second kappa shape index (κ2) is 5.40. The van der Waals surface area contributed by atoms with Crippen molar-refractivity contribution >= 4 is 21.7 Å². The standard InChI is InChI=1S/C14H14BrNO2/c1-10-3-4-14(12(15)7-10)18-9-13(17)11-5-6-16(2)8-11/h3-8H,9H2,1-2H3. The highest BCUT2D eigenvalue weighted by molar-refractivity contribution is 9.10. The first-order chi connectivity index (χ1) is 8.56. The third kappa shape index (κ3) is 3.01. The summed E-state index contributed by atoms with van der Waals surface area (Å²) in [5, 5.41) is 0. The number of carbonyl (C=O) groups is 1. The van der Waals surface area contributed by atoms with E-state index in [1.807, 2.05) is 42.9 Å². The first-order valence-corrected chi connectivity index (χ1v) is 6.39. The van der Waals surface area contributed by atoms with Crippen LogP contribution in [0.3, 0.4) is 0 Å². The topological polar surface area (TPSA) is 31.2 Å². The summed E-state index contributed by atoms with van der Waals surface area (Å²) in [5.74, 6) is 0.660. The van der Waals surface area contributed by atoms with Crippen molar-refractivity contribution in [2.24, 2.45) is 7.05 Å². The Balaban J connectivity index is 2.01. The Morgan fingerprint density at radius 3 is 2.78 bits per heavy atom. The average molecular weight is 308 g/mol. The molecule has 0 spiro atoms. The maximum absolute atomic E-state index is 11.9. The van der Waals surface area contributed by atoms with E-state index in [2.05, 4.69) is 15.9 Å². The molecule has 0 N–H and O–H groups in total. The van der Waals surface area contributed by atoms with Gasteiger partial charge in [-0.2, -0.15) is 0 Å². The Morgan fingerprint density at radius 1 is 1.39 bits per heavy atom. The molecule has 18 heavy (non-hydrogen) atoms. The molecule has 3 nitrogen and oxygen atoms in total. The number of carbonyl (C=O) groups excluding carboxylic acids is 1. The maximum atomic E-state index is 11.9. The Hall–Kier alpha value is -1.55. The van der Waals surface area contributed by atoms with Crippen LogP contribution in [0.4, 0.5) is 0 Å². The number of halogens is 1. The number of hydrogen-bond donors (Lipinski definition) is 0. The molecule has 94 valence electrons. The number of nitrogens with zero attached hydrogens (tertiary/aromatic N) is 1. The lowest BCUT2D eigenvalue weighted by Gasteiger charge is -2.07. The Labute approximate surface area is 115 Å². The molecule has 0 aliphatic carbocycles. The van der Waals surface area contributed by atoms with Gasteiger partial charge in [0.2, 0.25) is 5.78 Å². The van der Waals surface area contributed by atoms with Gasteiger partial charge in [0.05, 0.1) is 4.47 Å². The monoisotopic (exact) mass is 307 g/mol. The highest BCUT2D eigenvalue weighted by Crippen LogP contribution is 2.25. The van der Waals surface area contributed by atoms with Gasteiger partial charge in [0.15, 0.2) is 6.61 Å². The van der Waals surface area contributed by atoms with Crippen molar-refractivity contribution < 1.29 is 9.53 Å². The lowest BCUT2D eigenvalue weighted by Crippen LogP contribution is -2.11. The summed E-state index contributed by atoms with van der Waals surface area (Å²) in [6.45, 7) is 2.05. The molecule has 0 aliphatic rings. The average Bonchev–Trinajstić information content (AvgIpc) is 2.74. The van der Waals surface area contributed by atoms with Crippen molar-refractivity contribution in [3.63, 3.8) is 0 Å². The summed E-state index contributed by atoms with van der Waals surface area (Å²) >= 11 is 3.42. The molecule has 1 aromatic carbocycles. The quantitative estimate of drug-likeness (QED) is 0.811. The molecule has 0 atom stereocenters. The lowest BCUT2D eigenvalue weighted by molar-refractivity contribution is 0.0921. The molecule has 0 fully saturated rings. The van der Waals surface area contributed by atoms with E-state index in [-0.39, 0.29) is 12.4 Å². The molecule has 0 aliphatic heterocycles. The fourth-order valence-electron chi connectivity index (χ4n) is 1.62. The molecular weight excluding hydrogens is 294 g/mol. The number of aromatic nitrogens is 1.